The summed E-state index contributed by atoms with van der Waals surface area (Å²) < 4.78 is 37.8. The fourth-order valence-corrected chi connectivity index (χ4v) is 3.52. The summed E-state index contributed by atoms with van der Waals surface area (Å²) in [6.07, 6.45) is 0.930. The van der Waals surface area contributed by atoms with Gasteiger partial charge in [-0.15, -0.1) is 0 Å². The molecule has 0 aliphatic carbocycles. The molecule has 0 spiro atoms. The summed E-state index contributed by atoms with van der Waals surface area (Å²) in [5, 5.41) is 2.36. The fourth-order valence-electron chi connectivity index (χ4n) is 1.68. The molecular formula is C13H19ClFNO2S. The molecule has 2 unspecified atom stereocenters. The highest BCUT2D eigenvalue weighted by Crippen LogP contribution is 2.23. The molecule has 3 nitrogen and oxygen atoms in total. The SMILES string of the molecule is CCCNC(C)C(C)S(=O)(=O)c1ccc(F)c(Cl)c1. The number of nitrogens with one attached hydrogen (secondary N) is 1. The summed E-state index contributed by atoms with van der Waals surface area (Å²) >= 11 is 5.63. The van der Waals surface area contributed by atoms with E-state index in [1.807, 2.05) is 13.8 Å². The van der Waals surface area contributed by atoms with E-state index < -0.39 is 20.9 Å². The molecule has 0 bridgehead atoms. The van der Waals surface area contributed by atoms with E-state index >= 15 is 0 Å². The largest absolute Gasteiger partial charge is 0.313 e. The predicted molar refractivity (Wildman–Crippen MR) is 75.8 cm³/mol. The monoisotopic (exact) mass is 307 g/mol. The van der Waals surface area contributed by atoms with Gasteiger partial charge in [-0.3, -0.25) is 0 Å². The van der Waals surface area contributed by atoms with Crippen LogP contribution < -0.4 is 5.32 Å². The maximum atomic E-state index is 13.1. The first kappa shape index (κ1) is 16.4. The fraction of sp³-hybridized carbons (Fsp3) is 0.538. The lowest BCUT2D eigenvalue weighted by molar-refractivity contribution is 0.509. The number of hydrogen-bond acceptors (Lipinski definition) is 3. The lowest BCUT2D eigenvalue weighted by Gasteiger charge is -2.21. The zero-order valence-electron chi connectivity index (χ0n) is 11.3. The molecule has 0 saturated heterocycles. The van der Waals surface area contributed by atoms with Gasteiger partial charge in [0.2, 0.25) is 0 Å². The zero-order chi connectivity index (χ0) is 14.6. The van der Waals surface area contributed by atoms with Crippen molar-refractivity contribution in [1.29, 1.82) is 0 Å². The van der Waals surface area contributed by atoms with Gasteiger partial charge in [0.05, 0.1) is 15.2 Å². The van der Waals surface area contributed by atoms with Gasteiger partial charge >= 0.3 is 0 Å². The first-order chi connectivity index (χ1) is 8.80. The van der Waals surface area contributed by atoms with E-state index in [1.165, 1.54) is 6.07 Å². The predicted octanol–water partition coefficient (Wildman–Crippen LogP) is 3.03. The summed E-state index contributed by atoms with van der Waals surface area (Å²) in [7, 11) is -3.52. The number of hydrogen-bond donors (Lipinski definition) is 1. The third kappa shape index (κ3) is 3.91. The lowest BCUT2D eigenvalue weighted by Crippen LogP contribution is -2.40. The van der Waals surface area contributed by atoms with Gasteiger partial charge in [0, 0.05) is 6.04 Å². The van der Waals surface area contributed by atoms with Crippen molar-refractivity contribution < 1.29 is 12.8 Å². The molecule has 1 rings (SSSR count). The topological polar surface area (TPSA) is 46.2 Å². The molecule has 2 atom stereocenters. The smallest absolute Gasteiger partial charge is 0.182 e. The van der Waals surface area contributed by atoms with Crippen molar-refractivity contribution in [2.24, 2.45) is 0 Å². The van der Waals surface area contributed by atoms with Crippen molar-refractivity contribution in [1.82, 2.24) is 5.32 Å². The van der Waals surface area contributed by atoms with Crippen LogP contribution in [0.25, 0.3) is 0 Å². The molecule has 0 radical (unpaired) electrons. The first-order valence-electron chi connectivity index (χ1n) is 6.23. The van der Waals surface area contributed by atoms with Crippen molar-refractivity contribution in [3.8, 4) is 0 Å². The van der Waals surface area contributed by atoms with Gasteiger partial charge in [0.15, 0.2) is 9.84 Å². The molecule has 6 heteroatoms. The number of halogens is 2. The van der Waals surface area contributed by atoms with E-state index in [9.17, 15) is 12.8 Å². The molecule has 19 heavy (non-hydrogen) atoms. The summed E-state index contributed by atoms with van der Waals surface area (Å²) in [5.41, 5.74) is 0. The third-order valence-electron chi connectivity index (χ3n) is 3.13. The minimum Gasteiger partial charge on any atom is -0.313 e. The van der Waals surface area contributed by atoms with Crippen LogP contribution >= 0.6 is 11.6 Å². The summed E-state index contributed by atoms with van der Waals surface area (Å²) in [4.78, 5) is 0.0524. The number of sulfone groups is 1. The van der Waals surface area contributed by atoms with Gasteiger partial charge < -0.3 is 5.32 Å². The van der Waals surface area contributed by atoms with Crippen LogP contribution in [-0.4, -0.2) is 26.3 Å². The van der Waals surface area contributed by atoms with Gasteiger partial charge in [-0.2, -0.15) is 0 Å². The Balaban J connectivity index is 2.99. The average Bonchev–Trinajstić information content (AvgIpc) is 2.37. The maximum Gasteiger partial charge on any atom is 0.182 e. The molecule has 1 aromatic carbocycles. The Hall–Kier alpha value is -0.650. The van der Waals surface area contributed by atoms with Gasteiger partial charge in [0.1, 0.15) is 5.82 Å². The molecule has 108 valence electrons. The second-order valence-corrected chi connectivity index (χ2v) is 7.28. The van der Waals surface area contributed by atoms with Gasteiger partial charge in [-0.1, -0.05) is 18.5 Å². The zero-order valence-corrected chi connectivity index (χ0v) is 12.9. The van der Waals surface area contributed by atoms with Crippen molar-refractivity contribution >= 4 is 21.4 Å². The Bertz CT molecular complexity index is 533. The number of benzene rings is 1. The molecular weight excluding hydrogens is 289 g/mol. The standard InChI is InChI=1S/C13H19ClFNO2S/c1-4-7-16-9(2)10(3)19(17,18)11-5-6-13(15)12(14)8-11/h5-6,8-10,16H,4,7H2,1-3H3. The van der Waals surface area contributed by atoms with Crippen molar-refractivity contribution in [3.05, 3.63) is 29.0 Å². The van der Waals surface area contributed by atoms with E-state index in [1.54, 1.807) is 6.92 Å². The highest BCUT2D eigenvalue weighted by Gasteiger charge is 2.28. The quantitative estimate of drug-likeness (QED) is 0.822. The molecule has 0 saturated carbocycles. The summed E-state index contributed by atoms with van der Waals surface area (Å²) in [5.74, 6) is -0.620. The normalized spacial score (nSPS) is 15.2. The van der Waals surface area contributed by atoms with E-state index in [0.717, 1.165) is 25.1 Å². The second kappa shape index (κ2) is 6.68. The van der Waals surface area contributed by atoms with Crippen LogP contribution in [-0.2, 0) is 9.84 Å². The summed E-state index contributed by atoms with van der Waals surface area (Å²) in [6, 6.07) is 3.30. The molecule has 0 amide bonds. The average molecular weight is 308 g/mol. The highest BCUT2D eigenvalue weighted by molar-refractivity contribution is 7.92. The Morgan fingerprint density at radius 2 is 2.00 bits per heavy atom. The maximum absolute atomic E-state index is 13.1. The minimum absolute atomic E-state index is 0.0524. The van der Waals surface area contributed by atoms with E-state index in [-0.39, 0.29) is 16.0 Å². The van der Waals surface area contributed by atoms with E-state index in [0.29, 0.717) is 0 Å². The molecule has 0 aliphatic rings. The van der Waals surface area contributed by atoms with Crippen molar-refractivity contribution in [2.75, 3.05) is 6.54 Å². The van der Waals surface area contributed by atoms with Crippen LogP contribution in [0.1, 0.15) is 27.2 Å². The molecule has 0 aromatic heterocycles. The minimum atomic E-state index is -3.52. The van der Waals surface area contributed by atoms with Crippen LogP contribution in [0.15, 0.2) is 23.1 Å². The Kier molecular flexibility index (Phi) is 5.77. The van der Waals surface area contributed by atoms with Crippen LogP contribution in [0.3, 0.4) is 0 Å². The Labute approximate surface area is 119 Å². The lowest BCUT2D eigenvalue weighted by atomic mass is 10.2. The molecule has 0 heterocycles. The molecule has 1 aromatic rings. The van der Waals surface area contributed by atoms with Crippen LogP contribution in [0.2, 0.25) is 5.02 Å². The highest BCUT2D eigenvalue weighted by atomic mass is 35.5. The second-order valence-electron chi connectivity index (χ2n) is 4.57. The Morgan fingerprint density at radius 1 is 1.37 bits per heavy atom. The molecule has 0 aliphatic heterocycles. The third-order valence-corrected chi connectivity index (χ3v) is 5.72. The van der Waals surface area contributed by atoms with E-state index in [4.69, 9.17) is 11.6 Å². The first-order valence-corrected chi connectivity index (χ1v) is 8.15. The van der Waals surface area contributed by atoms with Crippen LogP contribution in [0, 0.1) is 5.82 Å². The van der Waals surface area contributed by atoms with Gasteiger partial charge in [-0.05, 0) is 45.0 Å². The van der Waals surface area contributed by atoms with Crippen molar-refractivity contribution in [2.45, 2.75) is 43.4 Å². The van der Waals surface area contributed by atoms with E-state index in [2.05, 4.69) is 5.32 Å². The summed E-state index contributed by atoms with van der Waals surface area (Å²) in [6.45, 7) is 6.23. The van der Waals surface area contributed by atoms with Crippen molar-refractivity contribution in [3.63, 3.8) is 0 Å². The van der Waals surface area contributed by atoms with Crippen LogP contribution in [0.5, 0.6) is 0 Å². The van der Waals surface area contributed by atoms with Crippen LogP contribution in [0.4, 0.5) is 4.39 Å². The van der Waals surface area contributed by atoms with Gasteiger partial charge in [-0.25, -0.2) is 12.8 Å². The molecule has 0 fully saturated rings. The Morgan fingerprint density at radius 3 is 2.53 bits per heavy atom. The van der Waals surface area contributed by atoms with Gasteiger partial charge in [0.25, 0.3) is 0 Å². The number of rotatable bonds is 6. The molecule has 1 N–H and O–H groups in total.